The van der Waals surface area contributed by atoms with E-state index in [2.05, 4.69) is 10.6 Å². The number of nitrogens with one attached hydrogen (secondary N) is 2. The van der Waals surface area contributed by atoms with Crippen molar-refractivity contribution in [1.82, 2.24) is 10.6 Å². The molecule has 0 bridgehead atoms. The number of carbonyl (C=O) groups excluding carboxylic acids is 1. The molecule has 0 aliphatic heterocycles. The van der Waals surface area contributed by atoms with Crippen molar-refractivity contribution in [3.63, 3.8) is 0 Å². The summed E-state index contributed by atoms with van der Waals surface area (Å²) in [7, 11) is 1.47. The molecule has 0 heterocycles. The van der Waals surface area contributed by atoms with Crippen LogP contribution in [0.15, 0.2) is 18.2 Å². The van der Waals surface area contributed by atoms with Gasteiger partial charge in [0, 0.05) is 25.8 Å². The molecule has 1 rings (SSSR count). The smallest absolute Gasteiger partial charge is 0.315 e. The highest BCUT2D eigenvalue weighted by atomic mass is 19.1. The third-order valence-corrected chi connectivity index (χ3v) is 2.57. The fraction of sp³-hybridized carbons (Fsp3) is 0.462. The lowest BCUT2D eigenvalue weighted by Gasteiger charge is -2.11. The largest absolute Gasteiger partial charge is 0.391 e. The van der Waals surface area contributed by atoms with E-state index in [4.69, 9.17) is 4.74 Å². The fourth-order valence-corrected chi connectivity index (χ4v) is 1.54. The van der Waals surface area contributed by atoms with Crippen molar-refractivity contribution in [2.24, 2.45) is 0 Å². The molecular formula is C13H18F2N2O3. The first-order chi connectivity index (χ1) is 9.52. The van der Waals surface area contributed by atoms with E-state index in [0.717, 1.165) is 18.2 Å². The number of hydrogen-bond donors (Lipinski definition) is 3. The van der Waals surface area contributed by atoms with Gasteiger partial charge < -0.3 is 20.5 Å². The molecule has 2 amide bonds. The molecule has 20 heavy (non-hydrogen) atoms. The first-order valence-electron chi connectivity index (χ1n) is 6.15. The molecule has 0 aliphatic carbocycles. The highest BCUT2D eigenvalue weighted by Gasteiger charge is 2.07. The predicted octanol–water partition coefficient (Wildman–Crippen LogP) is 1.16. The highest BCUT2D eigenvalue weighted by molar-refractivity contribution is 5.73. The quantitative estimate of drug-likeness (QED) is 0.705. The zero-order valence-corrected chi connectivity index (χ0v) is 11.2. The summed E-state index contributed by atoms with van der Waals surface area (Å²) in [6, 6.07) is 2.53. The number of aliphatic hydroxyl groups is 1. The molecule has 1 atom stereocenters. The maximum absolute atomic E-state index is 13.3. The van der Waals surface area contributed by atoms with Crippen LogP contribution in [0.4, 0.5) is 13.6 Å². The van der Waals surface area contributed by atoms with Gasteiger partial charge in [0.1, 0.15) is 11.6 Å². The minimum absolute atomic E-state index is 0.0690. The summed E-state index contributed by atoms with van der Waals surface area (Å²) in [5.41, 5.74) is 0.0690. The van der Waals surface area contributed by atoms with Crippen molar-refractivity contribution in [3.8, 4) is 0 Å². The third-order valence-electron chi connectivity index (χ3n) is 2.57. The molecule has 112 valence electrons. The van der Waals surface area contributed by atoms with E-state index in [-0.39, 0.29) is 25.3 Å². The molecule has 0 radical (unpaired) electrons. The van der Waals surface area contributed by atoms with Crippen LogP contribution in [0, 0.1) is 11.6 Å². The number of ether oxygens (including phenoxy) is 1. The molecule has 0 saturated heterocycles. The van der Waals surface area contributed by atoms with E-state index in [1.54, 1.807) is 0 Å². The Balaban J connectivity index is 2.28. The molecule has 1 aromatic carbocycles. The molecule has 5 nitrogen and oxygen atoms in total. The molecule has 1 unspecified atom stereocenters. The van der Waals surface area contributed by atoms with Crippen LogP contribution in [0.25, 0.3) is 0 Å². The summed E-state index contributed by atoms with van der Waals surface area (Å²) in [6.07, 6.45) is -0.309. The molecule has 0 aromatic heterocycles. The summed E-state index contributed by atoms with van der Waals surface area (Å²) in [5.74, 6) is -1.14. The molecule has 0 fully saturated rings. The van der Waals surface area contributed by atoms with Gasteiger partial charge in [-0.15, -0.1) is 0 Å². The van der Waals surface area contributed by atoms with Crippen LogP contribution < -0.4 is 10.6 Å². The number of aliphatic hydroxyl groups excluding tert-OH is 1. The van der Waals surface area contributed by atoms with Crippen molar-refractivity contribution in [2.75, 3.05) is 20.3 Å². The number of benzene rings is 1. The Morgan fingerprint density at radius 1 is 1.40 bits per heavy atom. The number of amides is 2. The molecular weight excluding hydrogens is 270 g/mol. The van der Waals surface area contributed by atoms with Gasteiger partial charge in [0.25, 0.3) is 0 Å². The zero-order chi connectivity index (χ0) is 15.0. The van der Waals surface area contributed by atoms with Crippen LogP contribution in [0.3, 0.4) is 0 Å². The maximum Gasteiger partial charge on any atom is 0.315 e. The first-order valence-corrected chi connectivity index (χ1v) is 6.15. The van der Waals surface area contributed by atoms with Crippen LogP contribution in [-0.4, -0.2) is 37.5 Å². The van der Waals surface area contributed by atoms with Crippen LogP contribution in [0.2, 0.25) is 0 Å². The number of methoxy groups -OCH3 is 1. The maximum atomic E-state index is 13.3. The van der Waals surface area contributed by atoms with E-state index in [1.807, 2.05) is 0 Å². The topological polar surface area (TPSA) is 70.6 Å². The Kier molecular flexibility index (Phi) is 6.89. The van der Waals surface area contributed by atoms with Gasteiger partial charge in [-0.2, -0.15) is 0 Å². The fourth-order valence-electron chi connectivity index (χ4n) is 1.54. The Labute approximate surface area is 115 Å². The van der Waals surface area contributed by atoms with Gasteiger partial charge in [-0.25, -0.2) is 13.6 Å². The summed E-state index contributed by atoms with van der Waals surface area (Å²) in [6.45, 7) is 0.329. The lowest BCUT2D eigenvalue weighted by atomic mass is 10.2. The van der Waals surface area contributed by atoms with Gasteiger partial charge in [0.2, 0.25) is 0 Å². The van der Waals surface area contributed by atoms with Crippen molar-refractivity contribution in [3.05, 3.63) is 35.4 Å². The highest BCUT2D eigenvalue weighted by Crippen LogP contribution is 2.08. The van der Waals surface area contributed by atoms with Crippen molar-refractivity contribution in [1.29, 1.82) is 0 Å². The monoisotopic (exact) mass is 288 g/mol. The van der Waals surface area contributed by atoms with Gasteiger partial charge >= 0.3 is 6.03 Å². The lowest BCUT2D eigenvalue weighted by molar-refractivity contribution is 0.0598. The second-order valence-electron chi connectivity index (χ2n) is 4.24. The molecule has 0 saturated carbocycles. The van der Waals surface area contributed by atoms with Crippen molar-refractivity contribution in [2.45, 2.75) is 19.1 Å². The number of hydrogen-bond acceptors (Lipinski definition) is 3. The Hall–Kier alpha value is -1.73. The average molecular weight is 288 g/mol. The van der Waals surface area contributed by atoms with Crippen LogP contribution >= 0.6 is 0 Å². The Morgan fingerprint density at radius 2 is 2.15 bits per heavy atom. The normalized spacial score (nSPS) is 12.0. The summed E-state index contributed by atoms with van der Waals surface area (Å²) >= 11 is 0. The zero-order valence-electron chi connectivity index (χ0n) is 11.2. The predicted molar refractivity (Wildman–Crippen MR) is 69.1 cm³/mol. The third kappa shape index (κ3) is 5.94. The molecule has 0 spiro atoms. The summed E-state index contributed by atoms with van der Waals surface area (Å²) < 4.78 is 30.9. The van der Waals surface area contributed by atoms with E-state index < -0.39 is 23.8 Å². The van der Waals surface area contributed by atoms with Gasteiger partial charge in [0.05, 0.1) is 12.7 Å². The van der Waals surface area contributed by atoms with E-state index in [0.29, 0.717) is 6.42 Å². The second kappa shape index (κ2) is 8.44. The van der Waals surface area contributed by atoms with Crippen LogP contribution in [0.5, 0.6) is 0 Å². The lowest BCUT2D eigenvalue weighted by Crippen LogP contribution is -2.37. The molecule has 0 aliphatic rings. The minimum atomic E-state index is -0.652. The first kappa shape index (κ1) is 16.3. The number of halogens is 2. The van der Waals surface area contributed by atoms with Gasteiger partial charge in [0.15, 0.2) is 0 Å². The summed E-state index contributed by atoms with van der Waals surface area (Å²) in [5, 5.41) is 14.2. The molecule has 1 aromatic rings. The standard InChI is InChI=1S/C13H18F2N2O3/c1-20-8-11(18)4-5-16-13(19)17-7-9-6-10(14)2-3-12(9)15/h2-3,6,11,18H,4-5,7-8H2,1H3,(H2,16,17,19). The van der Waals surface area contributed by atoms with E-state index in [1.165, 1.54) is 7.11 Å². The number of carbonyl (C=O) groups is 1. The SMILES string of the molecule is COCC(O)CCNC(=O)NCc1cc(F)ccc1F. The Morgan fingerprint density at radius 3 is 2.85 bits per heavy atom. The van der Waals surface area contributed by atoms with Crippen LogP contribution in [-0.2, 0) is 11.3 Å². The van der Waals surface area contributed by atoms with Crippen molar-refractivity contribution < 1.29 is 23.4 Å². The average Bonchev–Trinajstić information content (AvgIpc) is 2.40. The summed E-state index contributed by atoms with van der Waals surface area (Å²) in [4.78, 5) is 11.4. The second-order valence-corrected chi connectivity index (χ2v) is 4.24. The van der Waals surface area contributed by atoms with E-state index >= 15 is 0 Å². The molecule has 7 heteroatoms. The van der Waals surface area contributed by atoms with Gasteiger partial charge in [-0.3, -0.25) is 0 Å². The minimum Gasteiger partial charge on any atom is -0.391 e. The van der Waals surface area contributed by atoms with E-state index in [9.17, 15) is 18.7 Å². The van der Waals surface area contributed by atoms with Gasteiger partial charge in [-0.05, 0) is 24.6 Å². The van der Waals surface area contributed by atoms with Gasteiger partial charge in [-0.1, -0.05) is 0 Å². The van der Waals surface area contributed by atoms with Crippen molar-refractivity contribution >= 4 is 6.03 Å². The number of rotatable bonds is 7. The number of urea groups is 1. The van der Waals surface area contributed by atoms with Crippen LogP contribution in [0.1, 0.15) is 12.0 Å². The molecule has 3 N–H and O–H groups in total. The Bertz CT molecular complexity index is 444.